The van der Waals surface area contributed by atoms with Crippen molar-refractivity contribution in [3.05, 3.63) is 89.0 Å². The van der Waals surface area contributed by atoms with Gasteiger partial charge in [0.2, 0.25) is 0 Å². The van der Waals surface area contributed by atoms with Gasteiger partial charge >= 0.3 is 6.09 Å². The zero-order chi connectivity index (χ0) is 19.1. The van der Waals surface area contributed by atoms with E-state index >= 15 is 0 Å². The molecule has 2 aliphatic rings. The van der Waals surface area contributed by atoms with Gasteiger partial charge in [-0.3, -0.25) is 0 Å². The maximum absolute atomic E-state index is 12.5. The molecule has 140 valence electrons. The molecular weight excluding hydrogens is 350 g/mol. The van der Waals surface area contributed by atoms with Crippen molar-refractivity contribution in [2.45, 2.75) is 24.8 Å². The Hall–Kier alpha value is -3.27. The van der Waals surface area contributed by atoms with Crippen molar-refractivity contribution in [1.82, 2.24) is 5.32 Å². The number of rotatable bonds is 3. The third-order valence-electron chi connectivity index (χ3n) is 5.84. The maximum atomic E-state index is 12.5. The van der Waals surface area contributed by atoms with Crippen LogP contribution in [0.5, 0.6) is 5.75 Å². The summed E-state index contributed by atoms with van der Waals surface area (Å²) in [6, 6.07) is 21.9. The van der Waals surface area contributed by atoms with Crippen molar-refractivity contribution in [2.24, 2.45) is 0 Å². The molecule has 0 saturated heterocycles. The lowest BCUT2D eigenvalue weighted by Gasteiger charge is -2.17. The first-order valence-electron chi connectivity index (χ1n) is 9.64. The number of ether oxygens (including phenoxy) is 1. The average molecular weight is 371 g/mol. The van der Waals surface area contributed by atoms with Gasteiger partial charge in [0.1, 0.15) is 12.4 Å². The van der Waals surface area contributed by atoms with Crippen LogP contribution in [-0.4, -0.2) is 17.8 Å². The van der Waals surface area contributed by atoms with Crippen molar-refractivity contribution in [1.29, 1.82) is 0 Å². The Labute approximate surface area is 163 Å². The summed E-state index contributed by atoms with van der Waals surface area (Å²) in [5, 5.41) is 12.6. The van der Waals surface area contributed by atoms with Gasteiger partial charge in [0, 0.05) is 5.92 Å². The molecular formula is C24H21NO3. The number of hydrogen-bond donors (Lipinski definition) is 2. The summed E-state index contributed by atoms with van der Waals surface area (Å²) in [5.41, 5.74) is 7.00. The first-order chi connectivity index (χ1) is 13.7. The number of phenols is 1. The first kappa shape index (κ1) is 16.9. The van der Waals surface area contributed by atoms with E-state index in [-0.39, 0.29) is 17.7 Å². The van der Waals surface area contributed by atoms with Crippen LogP contribution >= 0.6 is 0 Å². The van der Waals surface area contributed by atoms with E-state index in [2.05, 4.69) is 29.6 Å². The maximum Gasteiger partial charge on any atom is 0.407 e. The van der Waals surface area contributed by atoms with Gasteiger partial charge in [0.15, 0.2) is 0 Å². The molecule has 3 aromatic carbocycles. The highest BCUT2D eigenvalue weighted by molar-refractivity contribution is 5.79. The average Bonchev–Trinajstić information content (AvgIpc) is 3.25. The van der Waals surface area contributed by atoms with E-state index < -0.39 is 6.09 Å². The van der Waals surface area contributed by atoms with Crippen LogP contribution in [0.2, 0.25) is 0 Å². The molecule has 1 amide bonds. The summed E-state index contributed by atoms with van der Waals surface area (Å²) in [6.45, 7) is 0.314. The van der Waals surface area contributed by atoms with Crippen LogP contribution in [0.1, 0.15) is 40.6 Å². The highest BCUT2D eigenvalue weighted by atomic mass is 16.5. The Morgan fingerprint density at radius 3 is 2.36 bits per heavy atom. The van der Waals surface area contributed by atoms with Gasteiger partial charge in [-0.1, -0.05) is 54.6 Å². The fourth-order valence-corrected chi connectivity index (χ4v) is 4.54. The van der Waals surface area contributed by atoms with Gasteiger partial charge < -0.3 is 15.2 Å². The van der Waals surface area contributed by atoms with E-state index in [0.717, 1.165) is 24.0 Å². The summed E-state index contributed by atoms with van der Waals surface area (Å²) in [6.07, 6.45) is 1.27. The van der Waals surface area contributed by atoms with E-state index in [1.54, 1.807) is 12.1 Å². The molecule has 0 fully saturated rings. The number of hydrogen-bond acceptors (Lipinski definition) is 3. The number of nitrogens with one attached hydrogen (secondary N) is 1. The van der Waals surface area contributed by atoms with E-state index in [4.69, 9.17) is 4.74 Å². The normalized spacial score (nSPS) is 16.9. The van der Waals surface area contributed by atoms with Gasteiger partial charge in [-0.25, -0.2) is 4.79 Å². The van der Waals surface area contributed by atoms with Gasteiger partial charge in [-0.15, -0.1) is 0 Å². The van der Waals surface area contributed by atoms with Crippen LogP contribution in [0.15, 0.2) is 66.7 Å². The second-order valence-corrected chi connectivity index (χ2v) is 7.44. The van der Waals surface area contributed by atoms with Crippen molar-refractivity contribution >= 4 is 6.09 Å². The van der Waals surface area contributed by atoms with Crippen LogP contribution in [-0.2, 0) is 11.2 Å². The molecule has 1 unspecified atom stereocenters. The number of aromatic hydroxyl groups is 1. The van der Waals surface area contributed by atoms with E-state index in [9.17, 15) is 9.90 Å². The monoisotopic (exact) mass is 371 g/mol. The number of alkyl carbamates (subject to hydrolysis) is 1. The smallest absolute Gasteiger partial charge is 0.407 e. The third kappa shape index (κ3) is 2.82. The van der Waals surface area contributed by atoms with Crippen molar-refractivity contribution < 1.29 is 14.6 Å². The van der Waals surface area contributed by atoms with E-state index in [1.165, 1.54) is 22.3 Å². The minimum atomic E-state index is -0.396. The number of fused-ring (bicyclic) bond motifs is 4. The molecule has 2 aliphatic carbocycles. The molecule has 5 rings (SSSR count). The number of carbonyl (C=O) groups is 1. The molecule has 4 nitrogen and oxygen atoms in total. The van der Waals surface area contributed by atoms with Crippen molar-refractivity contribution in [2.75, 3.05) is 6.61 Å². The number of aryl methyl sites for hydroxylation is 1. The minimum absolute atomic E-state index is 0.0611. The summed E-state index contributed by atoms with van der Waals surface area (Å²) in [5.74, 6) is 0.325. The lowest BCUT2D eigenvalue weighted by molar-refractivity contribution is 0.139. The van der Waals surface area contributed by atoms with E-state index in [1.807, 2.05) is 30.3 Å². The number of amides is 1. The topological polar surface area (TPSA) is 58.6 Å². The molecule has 0 aliphatic heterocycles. The third-order valence-corrected chi connectivity index (χ3v) is 5.84. The van der Waals surface area contributed by atoms with Gasteiger partial charge in [0.05, 0.1) is 6.04 Å². The predicted octanol–water partition coefficient (Wildman–Crippen LogP) is 4.92. The lowest BCUT2D eigenvalue weighted by Crippen LogP contribution is -2.29. The molecule has 0 saturated carbocycles. The van der Waals surface area contributed by atoms with Crippen molar-refractivity contribution in [3.63, 3.8) is 0 Å². The fourth-order valence-electron chi connectivity index (χ4n) is 4.54. The Morgan fingerprint density at radius 1 is 0.964 bits per heavy atom. The molecule has 0 heterocycles. The molecule has 0 bridgehead atoms. The Kier molecular flexibility index (Phi) is 4.05. The SMILES string of the molecule is O=C(NC1CCc2cc(O)ccc21)OCC1c2ccccc2-c2ccccc21. The van der Waals surface area contributed by atoms with Gasteiger partial charge in [0.25, 0.3) is 0 Å². The highest BCUT2D eigenvalue weighted by Crippen LogP contribution is 2.44. The second-order valence-electron chi connectivity index (χ2n) is 7.44. The van der Waals surface area contributed by atoms with Crippen LogP contribution < -0.4 is 5.32 Å². The van der Waals surface area contributed by atoms with Crippen LogP contribution in [0, 0.1) is 0 Å². The fraction of sp³-hybridized carbons (Fsp3) is 0.208. The highest BCUT2D eigenvalue weighted by Gasteiger charge is 2.30. The molecule has 3 aromatic rings. The molecule has 4 heteroatoms. The standard InChI is InChI=1S/C24H21NO3/c26-16-10-11-17-15(13-16)9-12-23(17)25-24(27)28-14-22-20-7-3-1-5-18(20)19-6-2-4-8-21(19)22/h1-8,10-11,13,22-23,26H,9,12,14H2,(H,25,27). The van der Waals surface area contributed by atoms with E-state index in [0.29, 0.717) is 6.61 Å². The molecule has 28 heavy (non-hydrogen) atoms. The second kappa shape index (κ2) is 6.71. The summed E-state index contributed by atoms with van der Waals surface area (Å²) < 4.78 is 5.64. The zero-order valence-corrected chi connectivity index (χ0v) is 15.4. The number of phenolic OH excluding ortho intramolecular Hbond substituents is 1. The molecule has 0 aromatic heterocycles. The first-order valence-corrected chi connectivity index (χ1v) is 9.64. The largest absolute Gasteiger partial charge is 0.508 e. The summed E-state index contributed by atoms with van der Waals surface area (Å²) in [7, 11) is 0. The molecule has 0 radical (unpaired) electrons. The Morgan fingerprint density at radius 2 is 1.64 bits per heavy atom. The Balaban J connectivity index is 1.29. The summed E-state index contributed by atoms with van der Waals surface area (Å²) >= 11 is 0. The van der Waals surface area contributed by atoms with Gasteiger partial charge in [-0.2, -0.15) is 0 Å². The Bertz CT molecular complexity index is 1010. The number of benzene rings is 3. The van der Waals surface area contributed by atoms with Crippen LogP contribution in [0.4, 0.5) is 4.79 Å². The molecule has 1 atom stereocenters. The quantitative estimate of drug-likeness (QED) is 0.687. The van der Waals surface area contributed by atoms with Crippen molar-refractivity contribution in [3.8, 4) is 16.9 Å². The lowest BCUT2D eigenvalue weighted by atomic mass is 9.98. The predicted molar refractivity (Wildman–Crippen MR) is 107 cm³/mol. The summed E-state index contributed by atoms with van der Waals surface area (Å²) in [4.78, 5) is 12.5. The molecule has 2 N–H and O–H groups in total. The number of carbonyl (C=O) groups excluding carboxylic acids is 1. The van der Waals surface area contributed by atoms with Gasteiger partial charge in [-0.05, 0) is 58.4 Å². The van der Waals surface area contributed by atoms with Crippen LogP contribution in [0.25, 0.3) is 11.1 Å². The molecule has 0 spiro atoms. The zero-order valence-electron chi connectivity index (χ0n) is 15.4. The van der Waals surface area contributed by atoms with Crippen LogP contribution in [0.3, 0.4) is 0 Å². The minimum Gasteiger partial charge on any atom is -0.508 e.